The van der Waals surface area contributed by atoms with E-state index in [1.165, 1.54) is 0 Å². The maximum atomic E-state index is 13.1. The number of anilines is 3. The van der Waals surface area contributed by atoms with Gasteiger partial charge in [-0.1, -0.05) is 54.1 Å². The summed E-state index contributed by atoms with van der Waals surface area (Å²) in [6.07, 6.45) is 0.880. The van der Waals surface area contributed by atoms with Gasteiger partial charge in [0.15, 0.2) is 0 Å². The van der Waals surface area contributed by atoms with Gasteiger partial charge < -0.3 is 15.5 Å². The van der Waals surface area contributed by atoms with Gasteiger partial charge in [0.05, 0.1) is 0 Å². The fourth-order valence-corrected chi connectivity index (χ4v) is 3.77. The minimum Gasteiger partial charge on any atom is -0.320 e. The fourth-order valence-electron chi connectivity index (χ4n) is 3.58. The Morgan fingerprint density at radius 1 is 0.871 bits per heavy atom. The first-order valence-electron chi connectivity index (χ1n) is 10.1. The Hall–Kier alpha value is -3.51. The lowest BCUT2D eigenvalue weighted by atomic mass is 10.1. The highest BCUT2D eigenvalue weighted by molar-refractivity contribution is 6.30. The largest absolute Gasteiger partial charge is 0.324 e. The van der Waals surface area contributed by atoms with Crippen molar-refractivity contribution in [3.63, 3.8) is 0 Å². The van der Waals surface area contributed by atoms with Crippen LogP contribution in [0.25, 0.3) is 0 Å². The summed E-state index contributed by atoms with van der Waals surface area (Å²) in [5.41, 5.74) is 3.06. The van der Waals surface area contributed by atoms with E-state index < -0.39 is 0 Å². The maximum Gasteiger partial charge on any atom is 0.324 e. The highest BCUT2D eigenvalue weighted by Crippen LogP contribution is 2.24. The van der Waals surface area contributed by atoms with Crippen molar-refractivity contribution in [2.45, 2.75) is 13.0 Å². The van der Waals surface area contributed by atoms with Crippen LogP contribution in [0.15, 0.2) is 78.9 Å². The lowest BCUT2D eigenvalue weighted by Gasteiger charge is -2.35. The highest BCUT2D eigenvalue weighted by Gasteiger charge is 2.27. The normalized spacial score (nSPS) is 13.8. The molecule has 1 aliphatic rings. The molecule has 3 aromatic carbocycles. The molecule has 0 aliphatic carbocycles. The second-order valence-corrected chi connectivity index (χ2v) is 7.77. The first-order chi connectivity index (χ1) is 15.1. The highest BCUT2D eigenvalue weighted by atomic mass is 35.5. The van der Waals surface area contributed by atoms with Gasteiger partial charge in [0.25, 0.3) is 0 Å². The molecule has 0 saturated carbocycles. The molecule has 7 heteroatoms. The van der Waals surface area contributed by atoms with Gasteiger partial charge in [0, 0.05) is 41.7 Å². The first kappa shape index (κ1) is 20.8. The quantitative estimate of drug-likeness (QED) is 0.531. The van der Waals surface area contributed by atoms with Crippen LogP contribution in [0.4, 0.5) is 26.7 Å². The third kappa shape index (κ3) is 5.35. The molecule has 31 heavy (non-hydrogen) atoms. The Labute approximate surface area is 186 Å². The molecule has 0 radical (unpaired) electrons. The van der Waals surface area contributed by atoms with Crippen LogP contribution in [0.1, 0.15) is 12.0 Å². The topological polar surface area (TPSA) is 64.7 Å². The van der Waals surface area contributed by atoms with Crippen LogP contribution in [0.2, 0.25) is 5.02 Å². The number of rotatable bonds is 5. The number of amides is 4. The lowest BCUT2D eigenvalue weighted by molar-refractivity contribution is 0.192. The molecule has 1 aliphatic heterocycles. The molecule has 1 saturated heterocycles. The van der Waals surface area contributed by atoms with Crippen molar-refractivity contribution in [1.82, 2.24) is 4.90 Å². The molecule has 1 heterocycles. The van der Waals surface area contributed by atoms with Crippen molar-refractivity contribution >= 4 is 40.7 Å². The predicted molar refractivity (Wildman–Crippen MR) is 125 cm³/mol. The van der Waals surface area contributed by atoms with E-state index in [2.05, 4.69) is 10.6 Å². The minimum atomic E-state index is -0.380. The van der Waals surface area contributed by atoms with E-state index >= 15 is 0 Å². The molecule has 2 N–H and O–H groups in total. The van der Waals surface area contributed by atoms with Crippen LogP contribution in [-0.4, -0.2) is 30.1 Å². The number of carbonyl (C=O) groups excluding carboxylic acids is 2. The van der Waals surface area contributed by atoms with Crippen molar-refractivity contribution in [3.05, 3.63) is 89.4 Å². The molecule has 4 amide bonds. The third-order valence-electron chi connectivity index (χ3n) is 5.03. The number of urea groups is 2. The van der Waals surface area contributed by atoms with E-state index in [4.69, 9.17) is 11.6 Å². The number of hydrogen-bond donors (Lipinski definition) is 2. The van der Waals surface area contributed by atoms with Crippen LogP contribution < -0.4 is 15.5 Å². The number of hydrogen-bond acceptors (Lipinski definition) is 2. The molecule has 0 atom stereocenters. The van der Waals surface area contributed by atoms with Crippen LogP contribution in [0, 0.1) is 0 Å². The van der Waals surface area contributed by atoms with Crippen molar-refractivity contribution in [2.24, 2.45) is 0 Å². The van der Waals surface area contributed by atoms with E-state index in [1.807, 2.05) is 53.4 Å². The number of carbonyl (C=O) groups is 2. The zero-order valence-electron chi connectivity index (χ0n) is 16.9. The molecule has 1 fully saturated rings. The van der Waals surface area contributed by atoms with Gasteiger partial charge in [-0.25, -0.2) is 9.59 Å². The molecule has 4 rings (SSSR count). The van der Waals surface area contributed by atoms with Crippen molar-refractivity contribution < 1.29 is 9.59 Å². The molecule has 0 spiro atoms. The second-order valence-electron chi connectivity index (χ2n) is 7.33. The van der Waals surface area contributed by atoms with E-state index in [-0.39, 0.29) is 12.1 Å². The van der Waals surface area contributed by atoms with Crippen molar-refractivity contribution in [1.29, 1.82) is 0 Å². The summed E-state index contributed by atoms with van der Waals surface area (Å²) in [7, 11) is 0. The Morgan fingerprint density at radius 2 is 1.58 bits per heavy atom. The Kier molecular flexibility index (Phi) is 6.38. The van der Waals surface area contributed by atoms with E-state index in [1.54, 1.807) is 35.2 Å². The van der Waals surface area contributed by atoms with Crippen LogP contribution in [0.3, 0.4) is 0 Å². The van der Waals surface area contributed by atoms with Gasteiger partial charge in [-0.15, -0.1) is 0 Å². The molecule has 158 valence electrons. The van der Waals surface area contributed by atoms with E-state index in [0.29, 0.717) is 29.5 Å². The average molecular weight is 435 g/mol. The monoisotopic (exact) mass is 434 g/mol. The van der Waals surface area contributed by atoms with Crippen LogP contribution >= 0.6 is 11.6 Å². The molecule has 0 bridgehead atoms. The summed E-state index contributed by atoms with van der Waals surface area (Å²) >= 11 is 5.96. The average Bonchev–Trinajstić information content (AvgIpc) is 2.76. The first-order valence-corrected chi connectivity index (χ1v) is 10.5. The minimum absolute atomic E-state index is 0.0318. The summed E-state index contributed by atoms with van der Waals surface area (Å²) < 4.78 is 0. The summed E-state index contributed by atoms with van der Waals surface area (Å²) in [5.74, 6) is 0. The molecule has 3 aromatic rings. The van der Waals surface area contributed by atoms with Gasteiger partial charge in [-0.2, -0.15) is 0 Å². The molecule has 6 nitrogen and oxygen atoms in total. The third-order valence-corrected chi connectivity index (χ3v) is 5.26. The zero-order chi connectivity index (χ0) is 21.6. The van der Waals surface area contributed by atoms with Gasteiger partial charge in [0.1, 0.15) is 0 Å². The van der Waals surface area contributed by atoms with Crippen molar-refractivity contribution in [2.75, 3.05) is 28.6 Å². The SMILES string of the molecule is O=C(Nc1cccc(Cl)c1)Nc1cccc(N2CCCN(Cc3ccccc3)C2=O)c1. The van der Waals surface area contributed by atoms with Crippen LogP contribution in [-0.2, 0) is 6.54 Å². The smallest absolute Gasteiger partial charge is 0.320 e. The Balaban J connectivity index is 1.43. The van der Waals surface area contributed by atoms with Gasteiger partial charge >= 0.3 is 12.1 Å². The van der Waals surface area contributed by atoms with Gasteiger partial charge in [0.2, 0.25) is 0 Å². The molecular weight excluding hydrogens is 412 g/mol. The standard InChI is InChI=1S/C24H23ClN4O2/c25-19-9-4-10-20(15-19)26-23(30)27-21-11-5-12-22(16-21)29-14-6-13-28(24(29)31)17-18-7-2-1-3-8-18/h1-5,7-12,15-16H,6,13-14,17H2,(H2,26,27,30). The zero-order valence-corrected chi connectivity index (χ0v) is 17.7. The van der Waals surface area contributed by atoms with Gasteiger partial charge in [-0.3, -0.25) is 4.90 Å². The summed E-state index contributed by atoms with van der Waals surface area (Å²) in [6, 6.07) is 23.8. The maximum absolute atomic E-state index is 13.1. The number of nitrogens with one attached hydrogen (secondary N) is 2. The predicted octanol–water partition coefficient (Wildman–Crippen LogP) is 5.82. The van der Waals surface area contributed by atoms with Gasteiger partial charge in [-0.05, 0) is 48.4 Å². The van der Waals surface area contributed by atoms with Crippen molar-refractivity contribution in [3.8, 4) is 0 Å². The fraction of sp³-hybridized carbons (Fsp3) is 0.167. The second kappa shape index (κ2) is 9.53. The number of halogens is 1. The van der Waals surface area contributed by atoms with E-state index in [9.17, 15) is 9.59 Å². The summed E-state index contributed by atoms with van der Waals surface area (Å²) in [4.78, 5) is 29.0. The summed E-state index contributed by atoms with van der Waals surface area (Å²) in [5, 5.41) is 6.11. The number of benzene rings is 3. The summed E-state index contributed by atoms with van der Waals surface area (Å²) in [6.45, 7) is 1.95. The number of nitrogens with zero attached hydrogens (tertiary/aromatic N) is 2. The molecule has 0 unspecified atom stereocenters. The van der Waals surface area contributed by atoms with Crippen LogP contribution in [0.5, 0.6) is 0 Å². The molecular formula is C24H23ClN4O2. The van der Waals surface area contributed by atoms with E-state index in [0.717, 1.165) is 24.2 Å². The Morgan fingerprint density at radius 3 is 2.32 bits per heavy atom. The molecule has 0 aromatic heterocycles. The Bertz CT molecular complexity index is 1070. The lowest BCUT2D eigenvalue weighted by Crippen LogP contribution is -2.49.